The summed E-state index contributed by atoms with van der Waals surface area (Å²) in [6.45, 7) is 5.65. The van der Waals surface area contributed by atoms with Crippen LogP contribution in [0, 0.1) is 0 Å². The number of halogens is 1. The number of hydrogen-bond donors (Lipinski definition) is 0. The highest BCUT2D eigenvalue weighted by Gasteiger charge is 2.39. The van der Waals surface area contributed by atoms with Crippen molar-refractivity contribution in [2.24, 2.45) is 0 Å². The number of esters is 1. The first kappa shape index (κ1) is 15.8. The minimum absolute atomic E-state index is 0.230. The molecule has 1 aromatic carbocycles. The quantitative estimate of drug-likeness (QED) is 0.723. The molecule has 1 atom stereocenters. The molecule has 114 valence electrons. The topological polar surface area (TPSA) is 55.8 Å². The number of anilines is 1. The van der Waals surface area contributed by atoms with Crippen LogP contribution in [-0.4, -0.2) is 31.3 Å². The van der Waals surface area contributed by atoms with Crippen molar-refractivity contribution < 1.29 is 19.1 Å². The summed E-state index contributed by atoms with van der Waals surface area (Å²) in [7, 11) is 1.34. The molecule has 0 N–H and O–H groups in total. The molecule has 2 rings (SSSR count). The van der Waals surface area contributed by atoms with Gasteiger partial charge in [0.1, 0.15) is 11.5 Å². The molecule has 0 bridgehead atoms. The lowest BCUT2D eigenvalue weighted by Gasteiger charge is -2.25. The molecule has 0 saturated heterocycles. The van der Waals surface area contributed by atoms with Crippen LogP contribution in [0.2, 0.25) is 0 Å². The first-order valence-electron chi connectivity index (χ1n) is 6.60. The first-order chi connectivity index (χ1) is 9.73. The van der Waals surface area contributed by atoms with Crippen LogP contribution in [0.15, 0.2) is 22.7 Å². The van der Waals surface area contributed by atoms with Crippen molar-refractivity contribution in [1.29, 1.82) is 0 Å². The van der Waals surface area contributed by atoms with E-state index in [0.29, 0.717) is 5.69 Å². The first-order valence-corrected chi connectivity index (χ1v) is 7.40. The number of ether oxygens (including phenoxy) is 2. The van der Waals surface area contributed by atoms with Crippen LogP contribution in [0.25, 0.3) is 0 Å². The molecule has 6 heteroatoms. The van der Waals surface area contributed by atoms with Crippen LogP contribution in [0.5, 0.6) is 0 Å². The van der Waals surface area contributed by atoms with Gasteiger partial charge >= 0.3 is 12.1 Å². The SMILES string of the molecule is COC(=O)C1CN(C(=O)OC(C)(C)C)c2cc(Br)ccc21. The highest BCUT2D eigenvalue weighted by Crippen LogP contribution is 2.39. The van der Waals surface area contributed by atoms with Crippen LogP contribution in [0.3, 0.4) is 0 Å². The number of nitrogens with zero attached hydrogens (tertiary/aromatic N) is 1. The highest BCUT2D eigenvalue weighted by molar-refractivity contribution is 9.10. The predicted octanol–water partition coefficient (Wildman–Crippen LogP) is 3.46. The van der Waals surface area contributed by atoms with Gasteiger partial charge in [-0.05, 0) is 38.5 Å². The maximum absolute atomic E-state index is 12.3. The molecule has 0 spiro atoms. The van der Waals surface area contributed by atoms with E-state index < -0.39 is 17.6 Å². The Labute approximate surface area is 132 Å². The largest absolute Gasteiger partial charge is 0.468 e. The smallest absolute Gasteiger partial charge is 0.414 e. The van der Waals surface area contributed by atoms with E-state index in [4.69, 9.17) is 9.47 Å². The summed E-state index contributed by atoms with van der Waals surface area (Å²) in [5, 5.41) is 0. The predicted molar refractivity (Wildman–Crippen MR) is 82.5 cm³/mol. The molecule has 0 saturated carbocycles. The zero-order valence-corrected chi connectivity index (χ0v) is 14.1. The standard InChI is InChI=1S/C15H18BrNO4/c1-15(2,3)21-14(19)17-8-11(13(18)20-4)10-6-5-9(16)7-12(10)17/h5-7,11H,8H2,1-4H3. The van der Waals surface area contributed by atoms with Gasteiger partial charge in [0.25, 0.3) is 0 Å². The van der Waals surface area contributed by atoms with Gasteiger partial charge in [0.2, 0.25) is 0 Å². The number of rotatable bonds is 1. The van der Waals surface area contributed by atoms with Gasteiger partial charge in [-0.2, -0.15) is 0 Å². The fourth-order valence-corrected chi connectivity index (χ4v) is 2.61. The number of benzene rings is 1. The molecule has 5 nitrogen and oxygen atoms in total. The number of hydrogen-bond acceptors (Lipinski definition) is 4. The van der Waals surface area contributed by atoms with Crippen molar-refractivity contribution in [3.63, 3.8) is 0 Å². The Hall–Kier alpha value is -1.56. The molecule has 1 aliphatic rings. The van der Waals surface area contributed by atoms with Crippen LogP contribution < -0.4 is 4.90 Å². The molecule has 1 unspecified atom stereocenters. The molecule has 21 heavy (non-hydrogen) atoms. The Morgan fingerprint density at radius 2 is 2.00 bits per heavy atom. The molecule has 1 aromatic rings. The second-order valence-corrected chi connectivity index (χ2v) is 6.79. The summed E-state index contributed by atoms with van der Waals surface area (Å²) in [4.78, 5) is 25.7. The van der Waals surface area contributed by atoms with E-state index in [1.165, 1.54) is 12.0 Å². The lowest BCUT2D eigenvalue weighted by Crippen LogP contribution is -2.37. The second kappa shape index (κ2) is 5.67. The van der Waals surface area contributed by atoms with E-state index in [2.05, 4.69) is 15.9 Å². The van der Waals surface area contributed by atoms with Crippen molar-refractivity contribution in [3.8, 4) is 0 Å². The van der Waals surface area contributed by atoms with Crippen LogP contribution in [0.4, 0.5) is 10.5 Å². The summed E-state index contributed by atoms with van der Waals surface area (Å²) in [5.74, 6) is -0.838. The molecule has 1 heterocycles. The highest BCUT2D eigenvalue weighted by atomic mass is 79.9. The number of methoxy groups -OCH3 is 1. The second-order valence-electron chi connectivity index (χ2n) is 5.87. The Morgan fingerprint density at radius 3 is 2.57 bits per heavy atom. The van der Waals surface area contributed by atoms with Crippen molar-refractivity contribution in [2.45, 2.75) is 32.3 Å². The molecule has 0 radical (unpaired) electrons. The van der Waals surface area contributed by atoms with Crippen LogP contribution >= 0.6 is 15.9 Å². The Morgan fingerprint density at radius 1 is 1.33 bits per heavy atom. The van der Waals surface area contributed by atoms with Crippen molar-refractivity contribution in [3.05, 3.63) is 28.2 Å². The number of carbonyl (C=O) groups excluding carboxylic acids is 2. The van der Waals surface area contributed by atoms with Gasteiger partial charge in [-0.25, -0.2) is 4.79 Å². The van der Waals surface area contributed by atoms with E-state index in [9.17, 15) is 9.59 Å². The zero-order valence-electron chi connectivity index (χ0n) is 12.5. The van der Waals surface area contributed by atoms with Crippen molar-refractivity contribution >= 4 is 33.7 Å². The average molecular weight is 356 g/mol. The molecular weight excluding hydrogens is 338 g/mol. The van der Waals surface area contributed by atoms with Gasteiger partial charge in [-0.3, -0.25) is 9.69 Å². The van der Waals surface area contributed by atoms with Crippen LogP contribution in [0.1, 0.15) is 32.3 Å². The van der Waals surface area contributed by atoms with E-state index in [0.717, 1.165) is 10.0 Å². The fourth-order valence-electron chi connectivity index (χ4n) is 2.26. The normalized spacial score (nSPS) is 17.4. The van der Waals surface area contributed by atoms with Crippen LogP contribution in [-0.2, 0) is 14.3 Å². The van der Waals surface area contributed by atoms with Gasteiger partial charge in [0.15, 0.2) is 0 Å². The minimum atomic E-state index is -0.591. The third kappa shape index (κ3) is 3.37. The average Bonchev–Trinajstić information content (AvgIpc) is 2.74. The van der Waals surface area contributed by atoms with Crippen molar-refractivity contribution in [1.82, 2.24) is 0 Å². The number of amides is 1. The summed E-state index contributed by atoms with van der Waals surface area (Å²) >= 11 is 3.38. The molecule has 0 aromatic heterocycles. The van der Waals surface area contributed by atoms with E-state index in [1.54, 1.807) is 20.8 Å². The molecular formula is C15H18BrNO4. The lowest BCUT2D eigenvalue weighted by molar-refractivity contribution is -0.142. The summed E-state index contributed by atoms with van der Waals surface area (Å²) in [6.07, 6.45) is -0.465. The Balaban J connectivity index is 2.36. The van der Waals surface area contributed by atoms with E-state index in [1.807, 2.05) is 18.2 Å². The summed E-state index contributed by atoms with van der Waals surface area (Å²) < 4.78 is 11.1. The van der Waals surface area contributed by atoms with Crippen molar-refractivity contribution in [2.75, 3.05) is 18.6 Å². The number of carbonyl (C=O) groups is 2. The Kier molecular flexibility index (Phi) is 4.27. The lowest BCUT2D eigenvalue weighted by atomic mass is 10.0. The maximum Gasteiger partial charge on any atom is 0.414 e. The van der Waals surface area contributed by atoms with Gasteiger partial charge in [-0.15, -0.1) is 0 Å². The summed E-state index contributed by atoms with van der Waals surface area (Å²) in [5.41, 5.74) is 0.858. The van der Waals surface area contributed by atoms with Gasteiger partial charge in [-0.1, -0.05) is 22.0 Å². The minimum Gasteiger partial charge on any atom is -0.468 e. The monoisotopic (exact) mass is 355 g/mol. The fraction of sp³-hybridized carbons (Fsp3) is 0.467. The molecule has 1 amide bonds. The molecule has 1 aliphatic heterocycles. The van der Waals surface area contributed by atoms with E-state index >= 15 is 0 Å². The van der Waals surface area contributed by atoms with Gasteiger partial charge < -0.3 is 9.47 Å². The zero-order chi connectivity index (χ0) is 15.8. The van der Waals surface area contributed by atoms with Gasteiger partial charge in [0, 0.05) is 11.0 Å². The van der Waals surface area contributed by atoms with E-state index in [-0.39, 0.29) is 12.5 Å². The third-order valence-electron chi connectivity index (χ3n) is 3.12. The summed E-state index contributed by atoms with van der Waals surface area (Å²) in [6, 6.07) is 5.47. The third-order valence-corrected chi connectivity index (χ3v) is 3.62. The maximum atomic E-state index is 12.3. The number of fused-ring (bicyclic) bond motifs is 1. The molecule has 0 fully saturated rings. The van der Waals surface area contributed by atoms with Gasteiger partial charge in [0.05, 0.1) is 12.8 Å². The Bertz CT molecular complexity index is 580. The molecule has 0 aliphatic carbocycles.